The maximum Gasteiger partial charge on any atom is 0.309 e. The predicted molar refractivity (Wildman–Crippen MR) is 98.2 cm³/mol. The van der Waals surface area contributed by atoms with Crippen LogP contribution in [0.25, 0.3) is 0 Å². The molecule has 2 aromatic carbocycles. The van der Waals surface area contributed by atoms with E-state index in [4.69, 9.17) is 4.74 Å². The third-order valence-corrected chi connectivity index (χ3v) is 3.74. The minimum absolute atomic E-state index is 0.113. The first-order valence-electron chi connectivity index (χ1n) is 8.43. The van der Waals surface area contributed by atoms with Crippen molar-refractivity contribution in [2.45, 2.75) is 32.4 Å². The lowest BCUT2D eigenvalue weighted by molar-refractivity contribution is -0.153. The molecule has 142 valence electrons. The van der Waals surface area contributed by atoms with Gasteiger partial charge in [0, 0.05) is 12.6 Å². The molecule has 0 saturated carbocycles. The van der Waals surface area contributed by atoms with E-state index in [1.807, 2.05) is 6.07 Å². The van der Waals surface area contributed by atoms with Crippen molar-refractivity contribution in [3.63, 3.8) is 0 Å². The molecule has 0 bridgehead atoms. The van der Waals surface area contributed by atoms with Crippen LogP contribution in [0.15, 0.2) is 54.6 Å². The number of hydrogen-bond acceptors (Lipinski definition) is 4. The van der Waals surface area contributed by atoms with Gasteiger partial charge in [0.1, 0.15) is 5.82 Å². The number of benzene rings is 2. The number of hydrogen-bond donors (Lipinski definition) is 2. The number of carbonyl (C=O) groups is 3. The molecule has 0 spiro atoms. The van der Waals surface area contributed by atoms with Gasteiger partial charge in [0.25, 0.3) is 5.91 Å². The lowest BCUT2D eigenvalue weighted by Crippen LogP contribution is -2.33. The molecule has 0 radical (unpaired) electrons. The van der Waals surface area contributed by atoms with Crippen LogP contribution in [0.2, 0.25) is 0 Å². The molecule has 0 aliphatic heterocycles. The van der Waals surface area contributed by atoms with Crippen LogP contribution < -0.4 is 10.6 Å². The third-order valence-electron chi connectivity index (χ3n) is 3.74. The normalized spacial score (nSPS) is 12.6. The second-order valence-corrected chi connectivity index (χ2v) is 6.00. The molecule has 0 saturated heterocycles. The summed E-state index contributed by atoms with van der Waals surface area (Å²) in [5.41, 5.74) is 1.15. The number of rotatable bonds is 7. The average Bonchev–Trinajstić information content (AvgIpc) is 2.63. The zero-order chi connectivity index (χ0) is 19.8. The second-order valence-electron chi connectivity index (χ2n) is 6.00. The van der Waals surface area contributed by atoms with Crippen molar-refractivity contribution in [1.29, 1.82) is 0 Å². The zero-order valence-electron chi connectivity index (χ0n) is 15.1. The molecular formula is C20H21FN2O4. The van der Waals surface area contributed by atoms with Crippen LogP contribution >= 0.6 is 0 Å². The fraction of sp³-hybridized carbons (Fsp3) is 0.250. The van der Waals surface area contributed by atoms with Crippen molar-refractivity contribution in [2.75, 3.05) is 5.32 Å². The van der Waals surface area contributed by atoms with Crippen LogP contribution in [-0.4, -0.2) is 23.9 Å². The number of carbonyl (C=O) groups excluding carboxylic acids is 3. The van der Waals surface area contributed by atoms with Gasteiger partial charge in [-0.15, -0.1) is 0 Å². The quantitative estimate of drug-likeness (QED) is 0.732. The maximum absolute atomic E-state index is 12.9. The zero-order valence-corrected chi connectivity index (χ0v) is 15.1. The Morgan fingerprint density at radius 2 is 1.67 bits per heavy atom. The van der Waals surface area contributed by atoms with E-state index in [0.717, 1.165) is 5.56 Å². The van der Waals surface area contributed by atoms with Crippen molar-refractivity contribution < 1.29 is 23.5 Å². The molecule has 0 aromatic heterocycles. The van der Waals surface area contributed by atoms with Crippen molar-refractivity contribution in [2.24, 2.45) is 0 Å². The summed E-state index contributed by atoms with van der Waals surface area (Å²) in [5, 5.41) is 5.24. The van der Waals surface area contributed by atoms with Crippen LogP contribution in [-0.2, 0) is 19.1 Å². The van der Waals surface area contributed by atoms with Crippen LogP contribution in [0.4, 0.5) is 10.1 Å². The van der Waals surface area contributed by atoms with Gasteiger partial charge in [0.2, 0.25) is 5.91 Å². The van der Waals surface area contributed by atoms with Gasteiger partial charge in [-0.05, 0) is 36.8 Å². The molecule has 2 rings (SSSR count). The van der Waals surface area contributed by atoms with Gasteiger partial charge in [-0.25, -0.2) is 4.39 Å². The minimum atomic E-state index is -1.05. The standard InChI is InChI=1S/C20H21FN2O4/c1-13(20(26)23-17-10-8-16(21)9-11-17)27-19(25)12-18(22-14(2)24)15-6-4-3-5-7-15/h3-11,13,18H,12H2,1-2H3,(H,22,24)(H,23,26)/t13-,18+/m1/s1. The van der Waals surface area contributed by atoms with Crippen LogP contribution in [0.3, 0.4) is 0 Å². The summed E-state index contributed by atoms with van der Waals surface area (Å²) in [6, 6.07) is 13.7. The molecule has 0 unspecified atom stereocenters. The summed E-state index contributed by atoms with van der Waals surface area (Å²) >= 11 is 0. The molecule has 0 aliphatic carbocycles. The highest BCUT2D eigenvalue weighted by molar-refractivity contribution is 5.95. The number of halogens is 1. The average molecular weight is 372 g/mol. The SMILES string of the molecule is CC(=O)N[C@@H](CC(=O)O[C@H](C)C(=O)Nc1ccc(F)cc1)c1ccccc1. The predicted octanol–water partition coefficient (Wildman–Crippen LogP) is 2.96. The Morgan fingerprint density at radius 3 is 2.26 bits per heavy atom. The molecule has 27 heavy (non-hydrogen) atoms. The molecule has 7 heteroatoms. The van der Waals surface area contributed by atoms with Gasteiger partial charge >= 0.3 is 5.97 Å². The van der Waals surface area contributed by atoms with E-state index in [0.29, 0.717) is 5.69 Å². The minimum Gasteiger partial charge on any atom is -0.452 e. The first kappa shape index (κ1) is 20.1. The Hall–Kier alpha value is -3.22. The van der Waals surface area contributed by atoms with E-state index >= 15 is 0 Å². The Morgan fingerprint density at radius 1 is 1.04 bits per heavy atom. The highest BCUT2D eigenvalue weighted by atomic mass is 19.1. The smallest absolute Gasteiger partial charge is 0.309 e. The number of ether oxygens (including phenoxy) is 1. The van der Waals surface area contributed by atoms with Crippen LogP contribution in [0, 0.1) is 5.82 Å². The largest absolute Gasteiger partial charge is 0.452 e. The molecule has 6 nitrogen and oxygen atoms in total. The van der Waals surface area contributed by atoms with Gasteiger partial charge < -0.3 is 15.4 Å². The van der Waals surface area contributed by atoms with E-state index in [-0.39, 0.29) is 12.3 Å². The highest BCUT2D eigenvalue weighted by Gasteiger charge is 2.22. The molecule has 0 aliphatic rings. The molecule has 2 amide bonds. The van der Waals surface area contributed by atoms with Gasteiger partial charge in [-0.1, -0.05) is 30.3 Å². The number of esters is 1. The molecular weight excluding hydrogens is 351 g/mol. The topological polar surface area (TPSA) is 84.5 Å². The van der Waals surface area contributed by atoms with E-state index in [9.17, 15) is 18.8 Å². The summed E-state index contributed by atoms with van der Waals surface area (Å²) in [7, 11) is 0. The van der Waals surface area contributed by atoms with Crippen molar-refractivity contribution in [3.05, 3.63) is 66.0 Å². The summed E-state index contributed by atoms with van der Waals surface area (Å²) < 4.78 is 18.1. The maximum atomic E-state index is 12.9. The van der Waals surface area contributed by atoms with Gasteiger partial charge in [0.05, 0.1) is 12.5 Å². The fourth-order valence-corrected chi connectivity index (χ4v) is 2.43. The number of nitrogens with one attached hydrogen (secondary N) is 2. The Kier molecular flexibility index (Phi) is 7.05. The van der Waals surface area contributed by atoms with Gasteiger partial charge in [-0.3, -0.25) is 14.4 Å². The molecule has 0 fully saturated rings. The fourth-order valence-electron chi connectivity index (χ4n) is 2.43. The Bertz CT molecular complexity index is 793. The van der Waals surface area contributed by atoms with Crippen molar-refractivity contribution in [3.8, 4) is 0 Å². The van der Waals surface area contributed by atoms with Gasteiger partial charge in [-0.2, -0.15) is 0 Å². The van der Waals surface area contributed by atoms with Crippen LogP contribution in [0.1, 0.15) is 31.9 Å². The van der Waals surface area contributed by atoms with Crippen LogP contribution in [0.5, 0.6) is 0 Å². The molecule has 2 N–H and O–H groups in total. The van der Waals surface area contributed by atoms with E-state index in [1.54, 1.807) is 24.3 Å². The summed E-state index contributed by atoms with van der Waals surface area (Å²) in [5.74, 6) is -1.86. The van der Waals surface area contributed by atoms with Crippen molar-refractivity contribution in [1.82, 2.24) is 5.32 Å². The number of amides is 2. The van der Waals surface area contributed by atoms with Crippen molar-refractivity contribution >= 4 is 23.5 Å². The third kappa shape index (κ3) is 6.54. The van der Waals surface area contributed by atoms with E-state index in [1.165, 1.54) is 38.1 Å². The monoisotopic (exact) mass is 372 g/mol. The summed E-state index contributed by atoms with van der Waals surface area (Å²) in [6.07, 6.45) is -1.16. The molecule has 2 atom stereocenters. The van der Waals surface area contributed by atoms with E-state index in [2.05, 4.69) is 10.6 Å². The Labute approximate surface area is 156 Å². The molecule has 2 aromatic rings. The highest BCUT2D eigenvalue weighted by Crippen LogP contribution is 2.18. The Balaban J connectivity index is 1.94. The second kappa shape index (κ2) is 9.47. The number of anilines is 1. The summed E-state index contributed by atoms with van der Waals surface area (Å²) in [6.45, 7) is 2.80. The summed E-state index contributed by atoms with van der Waals surface area (Å²) in [4.78, 5) is 35.7. The first-order chi connectivity index (χ1) is 12.8. The van der Waals surface area contributed by atoms with E-state index < -0.39 is 29.8 Å². The lowest BCUT2D eigenvalue weighted by atomic mass is 10.0. The lowest BCUT2D eigenvalue weighted by Gasteiger charge is -2.19. The molecule has 0 heterocycles. The first-order valence-corrected chi connectivity index (χ1v) is 8.43. The van der Waals surface area contributed by atoms with Gasteiger partial charge in [0.15, 0.2) is 6.10 Å².